The van der Waals surface area contributed by atoms with Gasteiger partial charge in [-0.25, -0.2) is 9.36 Å². The smallest absolute Gasteiger partial charge is 0.465 e. The van der Waals surface area contributed by atoms with E-state index >= 15 is 0 Å². The molecule has 1 aliphatic heterocycles. The number of aliphatic hydroxyl groups excluding tert-OH is 1. The SMILES string of the molecule is C=C1OC(n2ccc(N)nc2=O)C(F)(F)C1O.O=P(O)(O)O. The zero-order valence-corrected chi connectivity index (χ0v) is 11.6. The van der Waals surface area contributed by atoms with Crippen molar-refractivity contribution in [3.63, 3.8) is 0 Å². The van der Waals surface area contributed by atoms with Crippen LogP contribution in [0.5, 0.6) is 0 Å². The van der Waals surface area contributed by atoms with E-state index in [-0.39, 0.29) is 5.82 Å². The van der Waals surface area contributed by atoms with Gasteiger partial charge in [0.25, 0.3) is 0 Å². The predicted molar refractivity (Wildman–Crippen MR) is 67.4 cm³/mol. The van der Waals surface area contributed by atoms with E-state index in [0.29, 0.717) is 4.57 Å². The third kappa shape index (κ3) is 4.32. The van der Waals surface area contributed by atoms with Crippen molar-refractivity contribution >= 4 is 13.6 Å². The van der Waals surface area contributed by atoms with Crippen LogP contribution in [-0.4, -0.2) is 41.4 Å². The lowest BCUT2D eigenvalue weighted by Gasteiger charge is -2.19. The summed E-state index contributed by atoms with van der Waals surface area (Å²) in [4.78, 5) is 36.2. The number of aromatic nitrogens is 2. The fourth-order valence-electron chi connectivity index (χ4n) is 1.48. The van der Waals surface area contributed by atoms with Crippen LogP contribution in [0, 0.1) is 0 Å². The summed E-state index contributed by atoms with van der Waals surface area (Å²) in [6.45, 7) is 3.14. The largest absolute Gasteiger partial charge is 0.466 e. The van der Waals surface area contributed by atoms with Gasteiger partial charge in [0, 0.05) is 6.20 Å². The molecular weight excluding hydrogens is 331 g/mol. The fraction of sp³-hybridized carbons (Fsp3) is 0.333. The molecular formula is C9H12F2N3O7P. The monoisotopic (exact) mass is 343 g/mol. The van der Waals surface area contributed by atoms with Crippen molar-refractivity contribution in [3.8, 4) is 0 Å². The number of nitrogens with zero attached hydrogens (tertiary/aromatic N) is 2. The van der Waals surface area contributed by atoms with E-state index in [9.17, 15) is 13.6 Å². The number of rotatable bonds is 1. The molecule has 1 aromatic heterocycles. The number of aliphatic hydroxyl groups is 1. The second kappa shape index (κ2) is 6.10. The molecule has 1 aromatic rings. The number of hydrogen-bond donors (Lipinski definition) is 5. The Kier molecular flexibility index (Phi) is 5.05. The Morgan fingerprint density at radius 2 is 1.95 bits per heavy atom. The maximum Gasteiger partial charge on any atom is 0.466 e. The van der Waals surface area contributed by atoms with Crippen molar-refractivity contribution in [3.05, 3.63) is 35.1 Å². The topological polar surface area (TPSA) is 168 Å². The van der Waals surface area contributed by atoms with Crippen LogP contribution in [-0.2, 0) is 9.30 Å². The van der Waals surface area contributed by atoms with Gasteiger partial charge in [-0.2, -0.15) is 13.8 Å². The van der Waals surface area contributed by atoms with Gasteiger partial charge >= 0.3 is 19.4 Å². The van der Waals surface area contributed by atoms with Crippen molar-refractivity contribution in [2.45, 2.75) is 18.3 Å². The summed E-state index contributed by atoms with van der Waals surface area (Å²) in [6, 6.07) is 1.17. The van der Waals surface area contributed by atoms with E-state index in [2.05, 4.69) is 16.3 Å². The molecule has 10 nitrogen and oxygen atoms in total. The minimum absolute atomic E-state index is 0.0908. The molecule has 0 aliphatic carbocycles. The lowest BCUT2D eigenvalue weighted by Crippen LogP contribution is -2.40. The molecule has 1 aliphatic rings. The summed E-state index contributed by atoms with van der Waals surface area (Å²) >= 11 is 0. The lowest BCUT2D eigenvalue weighted by atomic mass is 10.2. The third-order valence-corrected chi connectivity index (χ3v) is 2.37. The molecule has 1 fully saturated rings. The Hall–Kier alpha value is -1.85. The maximum absolute atomic E-state index is 13.6. The first-order valence-electron chi connectivity index (χ1n) is 5.38. The third-order valence-electron chi connectivity index (χ3n) is 2.37. The van der Waals surface area contributed by atoms with Gasteiger partial charge in [-0.05, 0) is 6.07 Å². The molecule has 13 heteroatoms. The zero-order chi connectivity index (χ0) is 17.3. The van der Waals surface area contributed by atoms with Gasteiger partial charge in [-0.1, -0.05) is 6.58 Å². The number of nitrogens with two attached hydrogens (primary N) is 1. The van der Waals surface area contributed by atoms with Crippen LogP contribution in [0.1, 0.15) is 6.23 Å². The Labute approximate surface area is 121 Å². The highest BCUT2D eigenvalue weighted by Gasteiger charge is 2.57. The first-order valence-corrected chi connectivity index (χ1v) is 6.95. The molecule has 0 bridgehead atoms. The van der Waals surface area contributed by atoms with Crippen LogP contribution in [0.4, 0.5) is 14.6 Å². The number of alkyl halides is 2. The number of phosphoric acid groups is 1. The minimum atomic E-state index is -4.64. The first-order chi connectivity index (χ1) is 9.84. The molecule has 124 valence electrons. The predicted octanol–water partition coefficient (Wildman–Crippen LogP) is -1.06. The number of anilines is 1. The molecule has 0 radical (unpaired) electrons. The van der Waals surface area contributed by atoms with Gasteiger partial charge in [0.05, 0.1) is 0 Å². The Balaban J connectivity index is 0.000000422. The number of hydrogen-bond acceptors (Lipinski definition) is 6. The molecule has 2 heterocycles. The van der Waals surface area contributed by atoms with Crippen molar-refractivity contribution < 1.29 is 37.9 Å². The molecule has 22 heavy (non-hydrogen) atoms. The van der Waals surface area contributed by atoms with E-state index in [4.69, 9.17) is 30.1 Å². The van der Waals surface area contributed by atoms with Gasteiger partial charge in [0.15, 0.2) is 6.10 Å². The van der Waals surface area contributed by atoms with E-state index in [1.54, 1.807) is 0 Å². The van der Waals surface area contributed by atoms with Gasteiger partial charge in [-0.3, -0.25) is 4.57 Å². The van der Waals surface area contributed by atoms with Gasteiger partial charge in [0.2, 0.25) is 6.23 Å². The van der Waals surface area contributed by atoms with E-state index < -0.39 is 37.5 Å². The summed E-state index contributed by atoms with van der Waals surface area (Å²) in [7, 11) is -4.64. The standard InChI is InChI=1S/C9H9F2N3O3.H3O4P/c1-4-6(15)9(10,11)7(17-4)14-3-2-5(12)13-8(14)16;1-5(2,3)4/h2-3,6-7,15H,1H2,(H2,12,13,16);(H3,1,2,3,4). The van der Waals surface area contributed by atoms with E-state index in [1.807, 2.05) is 0 Å². The summed E-state index contributed by atoms with van der Waals surface area (Å²) < 4.78 is 41.2. The molecule has 0 aromatic carbocycles. The highest BCUT2D eigenvalue weighted by molar-refractivity contribution is 7.45. The molecule has 2 atom stereocenters. The van der Waals surface area contributed by atoms with E-state index in [0.717, 1.165) is 6.20 Å². The zero-order valence-electron chi connectivity index (χ0n) is 10.7. The fourth-order valence-corrected chi connectivity index (χ4v) is 1.48. The molecule has 6 N–H and O–H groups in total. The number of halogens is 2. The van der Waals surface area contributed by atoms with Crippen molar-refractivity contribution in [2.75, 3.05) is 5.73 Å². The van der Waals surface area contributed by atoms with Crippen LogP contribution in [0.25, 0.3) is 0 Å². The normalized spacial score (nSPS) is 23.5. The average molecular weight is 343 g/mol. The second-order valence-electron chi connectivity index (χ2n) is 4.07. The molecule has 0 spiro atoms. The molecule has 0 saturated carbocycles. The Bertz CT molecular complexity index is 665. The highest BCUT2D eigenvalue weighted by Crippen LogP contribution is 2.43. The highest BCUT2D eigenvalue weighted by atomic mass is 31.2. The lowest BCUT2D eigenvalue weighted by molar-refractivity contribution is -0.140. The number of ether oxygens (including phenoxy) is 1. The van der Waals surface area contributed by atoms with Gasteiger partial charge in [-0.15, -0.1) is 0 Å². The van der Waals surface area contributed by atoms with Gasteiger partial charge in [0.1, 0.15) is 11.6 Å². The van der Waals surface area contributed by atoms with Crippen LogP contribution in [0.3, 0.4) is 0 Å². The second-order valence-corrected chi connectivity index (χ2v) is 5.10. The van der Waals surface area contributed by atoms with Crippen LogP contribution in [0.2, 0.25) is 0 Å². The summed E-state index contributed by atoms with van der Waals surface area (Å²) in [5.41, 5.74) is 4.24. The van der Waals surface area contributed by atoms with Crippen molar-refractivity contribution in [1.29, 1.82) is 0 Å². The summed E-state index contributed by atoms with van der Waals surface area (Å²) in [5, 5.41) is 9.17. The van der Waals surface area contributed by atoms with Crippen LogP contribution in [0.15, 0.2) is 29.4 Å². The van der Waals surface area contributed by atoms with E-state index in [1.165, 1.54) is 6.07 Å². The Morgan fingerprint density at radius 1 is 1.45 bits per heavy atom. The average Bonchev–Trinajstić information content (AvgIpc) is 2.51. The molecule has 1 saturated heterocycles. The number of nitrogen functional groups attached to an aromatic ring is 1. The van der Waals surface area contributed by atoms with Crippen LogP contribution >= 0.6 is 7.82 Å². The first kappa shape index (κ1) is 18.2. The quantitative estimate of drug-likeness (QED) is 0.399. The summed E-state index contributed by atoms with van der Waals surface area (Å²) in [6.07, 6.45) is -3.10. The summed E-state index contributed by atoms with van der Waals surface area (Å²) in [5.74, 6) is -4.24. The molecule has 0 amide bonds. The molecule has 2 unspecified atom stereocenters. The maximum atomic E-state index is 13.6. The minimum Gasteiger partial charge on any atom is -0.465 e. The van der Waals surface area contributed by atoms with Crippen LogP contribution < -0.4 is 11.4 Å². The molecule has 2 rings (SSSR count). The van der Waals surface area contributed by atoms with Gasteiger partial charge < -0.3 is 30.3 Å². The van der Waals surface area contributed by atoms with Crippen molar-refractivity contribution in [1.82, 2.24) is 9.55 Å². The Morgan fingerprint density at radius 3 is 2.32 bits per heavy atom. The van der Waals surface area contributed by atoms with Crippen molar-refractivity contribution in [2.24, 2.45) is 0 Å².